The van der Waals surface area contributed by atoms with Gasteiger partial charge in [-0.15, -0.1) is 0 Å². The molecule has 0 aliphatic carbocycles. The number of guanidine groups is 1. The number of sulfone groups is 1. The predicted molar refractivity (Wildman–Crippen MR) is 99.0 cm³/mol. The minimum atomic E-state index is -2.90. The molecule has 24 heavy (non-hydrogen) atoms. The van der Waals surface area contributed by atoms with Crippen LogP contribution in [-0.2, 0) is 21.2 Å². The van der Waals surface area contributed by atoms with Crippen LogP contribution in [0.3, 0.4) is 0 Å². The second-order valence-electron chi connectivity index (χ2n) is 5.97. The van der Waals surface area contributed by atoms with Crippen molar-refractivity contribution in [3.8, 4) is 0 Å². The van der Waals surface area contributed by atoms with Gasteiger partial charge in [-0.1, -0.05) is 37.3 Å². The number of nitrogens with one attached hydrogen (secondary N) is 2. The van der Waals surface area contributed by atoms with Crippen LogP contribution in [0, 0.1) is 5.92 Å². The minimum absolute atomic E-state index is 0.181. The normalized spacial score (nSPS) is 13.5. The van der Waals surface area contributed by atoms with Gasteiger partial charge < -0.3 is 15.4 Å². The summed E-state index contributed by atoms with van der Waals surface area (Å²) in [6.07, 6.45) is 1.81. The molecular formula is C17H29N3O3S. The zero-order valence-electron chi connectivity index (χ0n) is 14.8. The summed E-state index contributed by atoms with van der Waals surface area (Å²) in [6.45, 7) is 4.69. The lowest BCUT2D eigenvalue weighted by Gasteiger charge is -2.16. The Labute approximate surface area is 145 Å². The number of benzene rings is 1. The molecule has 7 heteroatoms. The van der Waals surface area contributed by atoms with Gasteiger partial charge in [-0.25, -0.2) is 8.42 Å². The molecule has 6 nitrogen and oxygen atoms in total. The average Bonchev–Trinajstić information content (AvgIpc) is 2.54. The zero-order chi connectivity index (χ0) is 17.8. The molecule has 0 aromatic heterocycles. The molecule has 136 valence electrons. The largest absolute Gasteiger partial charge is 0.376 e. The van der Waals surface area contributed by atoms with Gasteiger partial charge in [-0.2, -0.15) is 0 Å². The summed E-state index contributed by atoms with van der Waals surface area (Å²) >= 11 is 0. The third kappa shape index (κ3) is 10.2. The molecule has 0 spiro atoms. The van der Waals surface area contributed by atoms with E-state index in [1.54, 1.807) is 7.05 Å². The van der Waals surface area contributed by atoms with Crippen LogP contribution in [0.2, 0.25) is 0 Å². The summed E-state index contributed by atoms with van der Waals surface area (Å²) in [4.78, 5) is 4.13. The maximum atomic E-state index is 11.1. The van der Waals surface area contributed by atoms with Crippen molar-refractivity contribution in [1.82, 2.24) is 10.6 Å². The fourth-order valence-electron chi connectivity index (χ4n) is 2.04. The van der Waals surface area contributed by atoms with Crippen molar-refractivity contribution < 1.29 is 13.2 Å². The fourth-order valence-corrected chi connectivity index (χ4v) is 2.71. The molecule has 0 amide bonds. The topological polar surface area (TPSA) is 79.8 Å². The first kappa shape index (κ1) is 20.4. The van der Waals surface area contributed by atoms with Gasteiger partial charge in [0.1, 0.15) is 9.84 Å². The second-order valence-corrected chi connectivity index (χ2v) is 8.23. The van der Waals surface area contributed by atoms with E-state index in [1.807, 2.05) is 30.3 Å². The molecule has 0 fully saturated rings. The second kappa shape index (κ2) is 11.0. The third-order valence-electron chi connectivity index (χ3n) is 3.34. The SMILES string of the molecule is CN=C(NCCCS(C)(=O)=O)NCC(C)COCc1ccccc1. The van der Waals surface area contributed by atoms with E-state index < -0.39 is 9.84 Å². The van der Waals surface area contributed by atoms with E-state index >= 15 is 0 Å². The van der Waals surface area contributed by atoms with Crippen molar-refractivity contribution in [3.63, 3.8) is 0 Å². The van der Waals surface area contributed by atoms with Gasteiger partial charge in [0.2, 0.25) is 0 Å². The Kier molecular flexibility index (Phi) is 9.41. The maximum absolute atomic E-state index is 11.1. The molecule has 0 aliphatic rings. The summed E-state index contributed by atoms with van der Waals surface area (Å²) in [5, 5.41) is 6.34. The monoisotopic (exact) mass is 355 g/mol. The van der Waals surface area contributed by atoms with Crippen molar-refractivity contribution in [2.45, 2.75) is 20.0 Å². The summed E-state index contributed by atoms with van der Waals surface area (Å²) in [7, 11) is -1.21. The first-order chi connectivity index (χ1) is 11.4. The predicted octanol–water partition coefficient (Wildman–Crippen LogP) is 1.44. The average molecular weight is 356 g/mol. The van der Waals surface area contributed by atoms with E-state index in [-0.39, 0.29) is 5.75 Å². The highest BCUT2D eigenvalue weighted by Crippen LogP contribution is 2.02. The number of hydrogen-bond acceptors (Lipinski definition) is 4. The number of hydrogen-bond donors (Lipinski definition) is 2. The standard InChI is InChI=1S/C17H29N3O3S/c1-15(13-23-14-16-8-5-4-6-9-16)12-20-17(18-2)19-10-7-11-24(3,21)22/h4-6,8-9,15H,7,10-14H2,1-3H3,(H2,18,19,20). The Morgan fingerprint density at radius 2 is 1.96 bits per heavy atom. The van der Waals surface area contributed by atoms with Crippen molar-refractivity contribution in [2.24, 2.45) is 10.9 Å². The van der Waals surface area contributed by atoms with Gasteiger partial charge in [-0.3, -0.25) is 4.99 Å². The van der Waals surface area contributed by atoms with E-state index in [1.165, 1.54) is 11.8 Å². The molecule has 1 rings (SSSR count). The first-order valence-corrected chi connectivity index (χ1v) is 10.2. The van der Waals surface area contributed by atoms with Crippen LogP contribution in [0.4, 0.5) is 0 Å². The van der Waals surface area contributed by atoms with E-state index in [4.69, 9.17) is 4.74 Å². The van der Waals surface area contributed by atoms with E-state index in [9.17, 15) is 8.42 Å². The number of aliphatic imine (C=N–C) groups is 1. The fraction of sp³-hybridized carbons (Fsp3) is 0.588. The van der Waals surface area contributed by atoms with Gasteiger partial charge in [0, 0.05) is 26.4 Å². The third-order valence-corrected chi connectivity index (χ3v) is 4.37. The number of rotatable bonds is 10. The summed E-state index contributed by atoms with van der Waals surface area (Å²) in [6, 6.07) is 10.1. The van der Waals surface area contributed by atoms with Crippen LogP contribution >= 0.6 is 0 Å². The summed E-state index contributed by atoms with van der Waals surface area (Å²) in [5.74, 6) is 1.20. The van der Waals surface area contributed by atoms with Gasteiger partial charge in [-0.05, 0) is 17.9 Å². The molecule has 0 aliphatic heterocycles. The molecule has 1 atom stereocenters. The molecule has 0 saturated heterocycles. The van der Waals surface area contributed by atoms with Crippen LogP contribution in [0.25, 0.3) is 0 Å². The Morgan fingerprint density at radius 1 is 1.25 bits per heavy atom. The lowest BCUT2D eigenvalue weighted by molar-refractivity contribution is 0.0931. The van der Waals surface area contributed by atoms with Gasteiger partial charge in [0.15, 0.2) is 5.96 Å². The summed E-state index contributed by atoms with van der Waals surface area (Å²) < 4.78 is 27.9. The molecule has 0 heterocycles. The maximum Gasteiger partial charge on any atom is 0.190 e. The van der Waals surface area contributed by atoms with Crippen molar-refractivity contribution in [2.75, 3.05) is 38.8 Å². The quantitative estimate of drug-likeness (QED) is 0.377. The van der Waals surface area contributed by atoms with E-state index in [0.717, 1.165) is 6.54 Å². The van der Waals surface area contributed by atoms with Crippen LogP contribution in [0.5, 0.6) is 0 Å². The Morgan fingerprint density at radius 3 is 2.58 bits per heavy atom. The highest BCUT2D eigenvalue weighted by molar-refractivity contribution is 7.90. The molecule has 1 aromatic rings. The molecule has 0 saturated carbocycles. The van der Waals surface area contributed by atoms with Crippen LogP contribution in [0.1, 0.15) is 18.9 Å². The molecule has 0 bridgehead atoms. The first-order valence-electron chi connectivity index (χ1n) is 8.14. The zero-order valence-corrected chi connectivity index (χ0v) is 15.6. The van der Waals surface area contributed by atoms with Gasteiger partial charge in [0.25, 0.3) is 0 Å². The van der Waals surface area contributed by atoms with E-state index in [2.05, 4.69) is 22.5 Å². The van der Waals surface area contributed by atoms with Gasteiger partial charge in [0.05, 0.1) is 19.0 Å². The highest BCUT2D eigenvalue weighted by Gasteiger charge is 2.05. The number of nitrogens with zero attached hydrogens (tertiary/aromatic N) is 1. The van der Waals surface area contributed by atoms with Crippen molar-refractivity contribution in [3.05, 3.63) is 35.9 Å². The minimum Gasteiger partial charge on any atom is -0.376 e. The van der Waals surface area contributed by atoms with Crippen LogP contribution in [0.15, 0.2) is 35.3 Å². The van der Waals surface area contributed by atoms with E-state index in [0.29, 0.717) is 38.1 Å². The van der Waals surface area contributed by atoms with Crippen molar-refractivity contribution >= 4 is 15.8 Å². The lowest BCUT2D eigenvalue weighted by atomic mass is 10.2. The molecule has 0 radical (unpaired) electrons. The van der Waals surface area contributed by atoms with Gasteiger partial charge >= 0.3 is 0 Å². The Hall–Kier alpha value is -1.60. The molecule has 1 unspecified atom stereocenters. The molecular weight excluding hydrogens is 326 g/mol. The van der Waals surface area contributed by atoms with Crippen LogP contribution < -0.4 is 10.6 Å². The lowest BCUT2D eigenvalue weighted by Crippen LogP contribution is -2.40. The Balaban J connectivity index is 2.15. The van der Waals surface area contributed by atoms with Crippen molar-refractivity contribution in [1.29, 1.82) is 0 Å². The summed E-state index contributed by atoms with van der Waals surface area (Å²) in [5.41, 5.74) is 1.17. The Bertz CT molecular complexity index is 588. The smallest absolute Gasteiger partial charge is 0.190 e. The molecule has 2 N–H and O–H groups in total. The molecule has 1 aromatic carbocycles. The number of ether oxygens (including phenoxy) is 1. The van der Waals surface area contributed by atoms with Crippen LogP contribution in [-0.4, -0.2) is 53.1 Å². The highest BCUT2D eigenvalue weighted by atomic mass is 32.2.